The molecule has 1 aliphatic rings. The summed E-state index contributed by atoms with van der Waals surface area (Å²) in [7, 11) is 0. The summed E-state index contributed by atoms with van der Waals surface area (Å²) in [4.78, 5) is 6.48. The second-order valence-corrected chi connectivity index (χ2v) is 6.15. The monoisotopic (exact) mass is 268 g/mol. The van der Waals surface area contributed by atoms with E-state index < -0.39 is 0 Å². The second kappa shape index (κ2) is 7.48. The number of piperidine rings is 1. The minimum Gasteiger partial charge on any atom is -0.328 e. The minimum atomic E-state index is 0.314. The van der Waals surface area contributed by atoms with Gasteiger partial charge in [-0.3, -0.25) is 0 Å². The molecule has 1 aromatic heterocycles. The van der Waals surface area contributed by atoms with Gasteiger partial charge in [0.2, 0.25) is 0 Å². The van der Waals surface area contributed by atoms with E-state index in [-0.39, 0.29) is 0 Å². The zero-order chi connectivity index (χ0) is 14.4. The Morgan fingerprint density at radius 2 is 1.68 bits per heavy atom. The lowest BCUT2D eigenvalue weighted by Gasteiger charge is -2.28. The van der Waals surface area contributed by atoms with E-state index in [1.807, 2.05) is 0 Å². The molecule has 1 saturated heterocycles. The average Bonchev–Trinajstić information content (AvgIpc) is 2.78. The molecule has 2 heterocycles. The van der Waals surface area contributed by atoms with E-state index in [0.717, 1.165) is 37.7 Å². The molecule has 0 aliphatic carbocycles. The van der Waals surface area contributed by atoms with Gasteiger partial charge >= 0.3 is 6.01 Å². The van der Waals surface area contributed by atoms with Crippen LogP contribution in [-0.2, 0) is 0 Å². The molecule has 0 bridgehead atoms. The van der Waals surface area contributed by atoms with Crippen molar-refractivity contribution in [3.05, 3.63) is 5.82 Å². The van der Waals surface area contributed by atoms with Crippen LogP contribution in [0.2, 0.25) is 0 Å². The van der Waals surface area contributed by atoms with Crippen LogP contribution in [0.3, 0.4) is 0 Å². The fourth-order valence-corrected chi connectivity index (χ4v) is 1.68. The maximum Gasteiger partial charge on any atom is 0.324 e. The molecule has 0 amide bonds. The first-order chi connectivity index (χ1) is 8.90. The van der Waals surface area contributed by atoms with Gasteiger partial charge < -0.3 is 15.2 Å². The SMILES string of the molecule is CC(C)C.CC(C)c1noc(N2CCC(N)CC2)n1. The lowest BCUT2D eigenvalue weighted by molar-refractivity contribution is 0.387. The molecular formula is C14H28N4O. The summed E-state index contributed by atoms with van der Waals surface area (Å²) >= 11 is 0. The van der Waals surface area contributed by atoms with Crippen molar-refractivity contribution >= 4 is 6.01 Å². The average molecular weight is 268 g/mol. The highest BCUT2D eigenvalue weighted by Gasteiger charge is 2.21. The van der Waals surface area contributed by atoms with Crippen molar-refractivity contribution in [1.82, 2.24) is 10.1 Å². The molecule has 1 aliphatic heterocycles. The van der Waals surface area contributed by atoms with Crippen LogP contribution in [0.4, 0.5) is 6.01 Å². The normalized spacial score (nSPS) is 16.7. The number of rotatable bonds is 2. The molecule has 2 N–H and O–H groups in total. The summed E-state index contributed by atoms with van der Waals surface area (Å²) in [5.74, 6) is 1.93. The largest absolute Gasteiger partial charge is 0.328 e. The molecule has 5 heteroatoms. The van der Waals surface area contributed by atoms with E-state index in [4.69, 9.17) is 10.3 Å². The van der Waals surface area contributed by atoms with Crippen molar-refractivity contribution in [2.75, 3.05) is 18.0 Å². The molecule has 1 aromatic rings. The molecule has 0 spiro atoms. The number of nitrogens with zero attached hydrogens (tertiary/aromatic N) is 3. The summed E-state index contributed by atoms with van der Waals surface area (Å²) in [5, 5.41) is 3.95. The van der Waals surface area contributed by atoms with Crippen LogP contribution in [0.1, 0.15) is 59.2 Å². The zero-order valence-corrected chi connectivity index (χ0v) is 12.9. The molecule has 1 fully saturated rings. The highest BCUT2D eigenvalue weighted by atomic mass is 16.5. The highest BCUT2D eigenvalue weighted by molar-refractivity contribution is 5.26. The van der Waals surface area contributed by atoms with Crippen LogP contribution in [0, 0.1) is 5.92 Å². The fraction of sp³-hybridized carbons (Fsp3) is 0.857. The molecule has 2 rings (SSSR count). The van der Waals surface area contributed by atoms with Crippen LogP contribution in [0.15, 0.2) is 4.52 Å². The van der Waals surface area contributed by atoms with Gasteiger partial charge in [-0.15, -0.1) is 0 Å². The molecule has 110 valence electrons. The summed E-state index contributed by atoms with van der Waals surface area (Å²) in [5.41, 5.74) is 5.84. The topological polar surface area (TPSA) is 68.2 Å². The molecule has 0 saturated carbocycles. The molecule has 0 aromatic carbocycles. The predicted molar refractivity (Wildman–Crippen MR) is 78.3 cm³/mol. The molecule has 0 unspecified atom stereocenters. The van der Waals surface area contributed by atoms with E-state index in [1.54, 1.807) is 0 Å². The first-order valence-corrected chi connectivity index (χ1v) is 7.24. The number of hydrogen-bond donors (Lipinski definition) is 1. The number of aromatic nitrogens is 2. The Morgan fingerprint density at radius 3 is 2.11 bits per heavy atom. The third-order valence-electron chi connectivity index (χ3n) is 2.76. The fourth-order valence-electron chi connectivity index (χ4n) is 1.68. The Bertz CT molecular complexity index is 351. The Labute approximate surface area is 116 Å². The third-order valence-corrected chi connectivity index (χ3v) is 2.76. The van der Waals surface area contributed by atoms with Gasteiger partial charge in [0.1, 0.15) is 0 Å². The van der Waals surface area contributed by atoms with Crippen LogP contribution < -0.4 is 10.6 Å². The van der Waals surface area contributed by atoms with Crippen molar-refractivity contribution < 1.29 is 4.52 Å². The first-order valence-electron chi connectivity index (χ1n) is 7.24. The minimum absolute atomic E-state index is 0.314. The van der Waals surface area contributed by atoms with E-state index in [9.17, 15) is 0 Å². The summed E-state index contributed by atoms with van der Waals surface area (Å²) in [6, 6.07) is 0.972. The quantitative estimate of drug-likeness (QED) is 0.893. The second-order valence-electron chi connectivity index (χ2n) is 6.15. The lowest BCUT2D eigenvalue weighted by Crippen LogP contribution is -2.39. The van der Waals surface area contributed by atoms with Gasteiger partial charge in [-0.05, 0) is 18.8 Å². The van der Waals surface area contributed by atoms with Crippen molar-refractivity contribution in [2.24, 2.45) is 11.7 Å². The van der Waals surface area contributed by atoms with Gasteiger partial charge in [0.05, 0.1) is 0 Å². The van der Waals surface area contributed by atoms with Gasteiger partial charge in [0.25, 0.3) is 0 Å². The maximum absolute atomic E-state index is 5.84. The highest BCUT2D eigenvalue weighted by Crippen LogP contribution is 2.19. The number of anilines is 1. The van der Waals surface area contributed by atoms with Crippen molar-refractivity contribution in [1.29, 1.82) is 0 Å². The third kappa shape index (κ3) is 5.59. The Morgan fingerprint density at radius 1 is 1.16 bits per heavy atom. The Kier molecular flexibility index (Phi) is 6.28. The van der Waals surface area contributed by atoms with Gasteiger partial charge in [-0.25, -0.2) is 0 Å². The molecule has 0 atom stereocenters. The van der Waals surface area contributed by atoms with Crippen LogP contribution >= 0.6 is 0 Å². The molecule has 5 nitrogen and oxygen atoms in total. The van der Waals surface area contributed by atoms with Crippen molar-refractivity contribution in [3.63, 3.8) is 0 Å². The van der Waals surface area contributed by atoms with Gasteiger partial charge in [0.15, 0.2) is 5.82 Å². The standard InChI is InChI=1S/C10H18N4O.C4H10/c1-7(2)9-12-10(15-13-9)14-5-3-8(11)4-6-14;1-4(2)3/h7-8H,3-6,11H2,1-2H3;4H,1-3H3. The Hall–Kier alpha value is -1.10. The van der Waals surface area contributed by atoms with Gasteiger partial charge in [0, 0.05) is 25.0 Å². The van der Waals surface area contributed by atoms with E-state index >= 15 is 0 Å². The summed E-state index contributed by atoms with van der Waals surface area (Å²) in [6.07, 6.45) is 2.00. The lowest BCUT2D eigenvalue weighted by atomic mass is 10.1. The van der Waals surface area contributed by atoms with E-state index in [1.165, 1.54) is 0 Å². The predicted octanol–water partition coefficient (Wildman–Crippen LogP) is 2.78. The number of nitrogens with two attached hydrogens (primary N) is 1. The maximum atomic E-state index is 5.84. The van der Waals surface area contributed by atoms with Crippen LogP contribution in [0.5, 0.6) is 0 Å². The van der Waals surface area contributed by atoms with Crippen molar-refractivity contribution in [3.8, 4) is 0 Å². The molecular weight excluding hydrogens is 240 g/mol. The number of hydrogen-bond acceptors (Lipinski definition) is 5. The van der Waals surface area contributed by atoms with Crippen LogP contribution in [-0.4, -0.2) is 29.3 Å². The molecule has 0 radical (unpaired) electrons. The van der Waals surface area contributed by atoms with Gasteiger partial charge in [-0.1, -0.05) is 39.8 Å². The Balaban J connectivity index is 0.000000399. The van der Waals surface area contributed by atoms with Gasteiger partial charge in [-0.2, -0.15) is 4.98 Å². The van der Waals surface area contributed by atoms with Crippen LogP contribution in [0.25, 0.3) is 0 Å². The molecule has 19 heavy (non-hydrogen) atoms. The zero-order valence-electron chi connectivity index (χ0n) is 12.9. The summed E-state index contributed by atoms with van der Waals surface area (Å²) in [6.45, 7) is 12.4. The smallest absolute Gasteiger partial charge is 0.324 e. The first kappa shape index (κ1) is 16.0. The van der Waals surface area contributed by atoms with E-state index in [2.05, 4.69) is 49.7 Å². The van der Waals surface area contributed by atoms with E-state index in [0.29, 0.717) is 18.0 Å². The summed E-state index contributed by atoms with van der Waals surface area (Å²) < 4.78 is 5.22. The van der Waals surface area contributed by atoms with Crippen molar-refractivity contribution in [2.45, 2.75) is 59.4 Å².